The van der Waals surface area contributed by atoms with E-state index in [1.807, 2.05) is 17.0 Å². The molecule has 3 aliphatic rings. The Morgan fingerprint density at radius 1 is 1.24 bits per heavy atom. The maximum atomic E-state index is 14.6. The highest BCUT2D eigenvalue weighted by Crippen LogP contribution is 2.66. The zero-order chi connectivity index (χ0) is 26.1. The molecule has 37 heavy (non-hydrogen) atoms. The zero-order valence-electron chi connectivity index (χ0n) is 19.3. The number of hydrogen-bond donors (Lipinski definition) is 1. The van der Waals surface area contributed by atoms with Crippen LogP contribution in [0.4, 0.5) is 11.4 Å². The van der Waals surface area contributed by atoms with E-state index in [4.69, 9.17) is 16.6 Å². The monoisotopic (exact) mass is 598 g/mol. The number of likely N-dealkylation sites (N-methyl/N-ethyl adjacent to an activating group) is 1. The van der Waals surface area contributed by atoms with Gasteiger partial charge in [-0.15, -0.1) is 0 Å². The summed E-state index contributed by atoms with van der Waals surface area (Å²) >= 11 is 10.5. The van der Waals surface area contributed by atoms with Crippen molar-refractivity contribution in [2.24, 2.45) is 0 Å². The molecule has 2 spiro atoms. The first-order valence-electron chi connectivity index (χ1n) is 11.3. The summed E-state index contributed by atoms with van der Waals surface area (Å²) < 4.78 is 5.16. The topological polar surface area (TPSA) is 109 Å². The Bertz CT molecular complexity index is 1500. The quantitative estimate of drug-likeness (QED) is 0.263. The summed E-state index contributed by atoms with van der Waals surface area (Å²) in [5.41, 5.74) is 0.373. The second-order valence-electron chi connectivity index (χ2n) is 9.21. The van der Waals surface area contributed by atoms with Crippen molar-refractivity contribution in [3.05, 3.63) is 92.3 Å². The van der Waals surface area contributed by atoms with Gasteiger partial charge in [0.1, 0.15) is 14.8 Å². The van der Waals surface area contributed by atoms with Crippen LogP contribution in [0.3, 0.4) is 0 Å². The van der Waals surface area contributed by atoms with E-state index < -0.39 is 21.1 Å². The first kappa shape index (κ1) is 24.3. The van der Waals surface area contributed by atoms with Crippen LogP contribution in [0.15, 0.2) is 69.8 Å². The summed E-state index contributed by atoms with van der Waals surface area (Å²) in [5, 5.41) is 14.6. The van der Waals surface area contributed by atoms with Gasteiger partial charge in [-0.25, -0.2) is 0 Å². The van der Waals surface area contributed by atoms with E-state index in [9.17, 15) is 19.7 Å². The first-order valence-corrected chi connectivity index (χ1v) is 13.4. The van der Waals surface area contributed by atoms with Crippen molar-refractivity contribution in [3.63, 3.8) is 0 Å². The molecule has 188 valence electrons. The third-order valence-electron chi connectivity index (χ3n) is 7.41. The molecule has 2 aromatic carbocycles. The van der Waals surface area contributed by atoms with E-state index in [-0.39, 0.29) is 24.0 Å². The maximum absolute atomic E-state index is 14.6. The van der Waals surface area contributed by atoms with Crippen molar-refractivity contribution in [1.29, 1.82) is 0 Å². The minimum atomic E-state index is -1.42. The highest BCUT2D eigenvalue weighted by Gasteiger charge is 2.77. The maximum Gasteiger partial charge on any atom is 0.269 e. The minimum Gasteiger partial charge on any atom is -0.467 e. The van der Waals surface area contributed by atoms with Crippen molar-refractivity contribution in [3.8, 4) is 0 Å². The number of nitro benzene ring substituents is 1. The molecule has 0 saturated carbocycles. The Labute approximate surface area is 229 Å². The van der Waals surface area contributed by atoms with E-state index in [0.29, 0.717) is 33.4 Å². The standard InChI is InChI=1S/C25H19BrN4O5S2/c1-28-13-19(14-4-2-5-16(10-14)30(33)34)25(22(32)29(23(36)37-25)12-17-6-3-9-35-17)24(28)18-11-15(26)7-8-20(18)27-21(24)31/h2-11,19H,12-13H2,1H3,(H,27,31)/t19-,24-,25+/m1/s1. The molecule has 6 rings (SSSR count). The Hall–Kier alpha value is -3.06. The molecule has 3 aliphatic heterocycles. The van der Waals surface area contributed by atoms with E-state index in [2.05, 4.69) is 21.2 Å². The number of amides is 2. The number of anilines is 1. The molecule has 0 radical (unpaired) electrons. The second kappa shape index (κ2) is 8.48. The lowest BCUT2D eigenvalue weighted by Crippen LogP contribution is -2.61. The number of thioether (sulfide) groups is 1. The first-order chi connectivity index (χ1) is 17.7. The van der Waals surface area contributed by atoms with Gasteiger partial charge in [0.05, 0.1) is 17.7 Å². The number of hydrogen-bond acceptors (Lipinski definition) is 8. The highest BCUT2D eigenvalue weighted by atomic mass is 79.9. The molecule has 12 heteroatoms. The molecule has 1 N–H and O–H groups in total. The molecule has 2 fully saturated rings. The van der Waals surface area contributed by atoms with Crippen molar-refractivity contribution in [2.75, 3.05) is 18.9 Å². The van der Waals surface area contributed by atoms with Crippen LogP contribution < -0.4 is 5.32 Å². The van der Waals surface area contributed by atoms with Crippen LogP contribution in [0.2, 0.25) is 0 Å². The molecule has 9 nitrogen and oxygen atoms in total. The highest BCUT2D eigenvalue weighted by molar-refractivity contribution is 9.10. The second-order valence-corrected chi connectivity index (χ2v) is 12.0. The summed E-state index contributed by atoms with van der Waals surface area (Å²) in [6.07, 6.45) is 1.52. The lowest BCUT2D eigenvalue weighted by atomic mass is 9.72. The number of carbonyl (C=O) groups is 2. The summed E-state index contributed by atoms with van der Waals surface area (Å²) in [7, 11) is 1.81. The van der Waals surface area contributed by atoms with Gasteiger partial charge < -0.3 is 9.73 Å². The number of non-ortho nitro benzene ring substituents is 1. The summed E-state index contributed by atoms with van der Waals surface area (Å²) in [4.78, 5) is 43.2. The fourth-order valence-electron chi connectivity index (χ4n) is 5.94. The third-order valence-corrected chi connectivity index (χ3v) is 9.85. The van der Waals surface area contributed by atoms with Crippen molar-refractivity contribution < 1.29 is 18.9 Å². The van der Waals surface area contributed by atoms with Gasteiger partial charge in [-0.2, -0.15) is 0 Å². The molecular formula is C25H19BrN4O5S2. The van der Waals surface area contributed by atoms with Gasteiger partial charge in [0.15, 0.2) is 5.54 Å². The van der Waals surface area contributed by atoms with Gasteiger partial charge in [0.25, 0.3) is 11.6 Å². The number of benzene rings is 2. The predicted molar refractivity (Wildman–Crippen MR) is 145 cm³/mol. The van der Waals surface area contributed by atoms with E-state index in [1.165, 1.54) is 35.1 Å². The predicted octanol–water partition coefficient (Wildman–Crippen LogP) is 4.63. The largest absolute Gasteiger partial charge is 0.467 e. The number of halogens is 1. The number of rotatable bonds is 4. The van der Waals surface area contributed by atoms with Gasteiger partial charge >= 0.3 is 0 Å². The SMILES string of the molecule is CN1C[C@H](c2cccc([N+](=O)[O-])c2)[C@@]2(SC(=S)N(Cc3ccco3)C2=O)[C@@]12C(=O)Nc1ccc(Br)cc12. The van der Waals surface area contributed by atoms with Crippen LogP contribution in [0, 0.1) is 10.1 Å². The van der Waals surface area contributed by atoms with Crippen LogP contribution in [0.25, 0.3) is 0 Å². The van der Waals surface area contributed by atoms with E-state index in [0.717, 1.165) is 4.47 Å². The van der Waals surface area contributed by atoms with Gasteiger partial charge in [0, 0.05) is 40.3 Å². The smallest absolute Gasteiger partial charge is 0.269 e. The fraction of sp³-hybridized carbons (Fsp3) is 0.240. The van der Waals surface area contributed by atoms with Gasteiger partial charge in [-0.1, -0.05) is 52.0 Å². The Morgan fingerprint density at radius 3 is 2.78 bits per heavy atom. The summed E-state index contributed by atoms with van der Waals surface area (Å²) in [6.45, 7) is 0.421. The van der Waals surface area contributed by atoms with Crippen LogP contribution in [0.5, 0.6) is 0 Å². The van der Waals surface area contributed by atoms with Crippen LogP contribution >= 0.6 is 39.9 Å². The summed E-state index contributed by atoms with van der Waals surface area (Å²) in [6, 6.07) is 15.3. The van der Waals surface area contributed by atoms with E-state index in [1.54, 1.807) is 37.4 Å². The number of furan rings is 1. The van der Waals surface area contributed by atoms with Crippen LogP contribution in [-0.2, 0) is 21.7 Å². The molecule has 0 bridgehead atoms. The number of likely N-dealkylation sites (tertiary alicyclic amines) is 1. The molecule has 3 aromatic rings. The average molecular weight is 599 g/mol. The van der Waals surface area contributed by atoms with Crippen molar-refractivity contribution in [2.45, 2.75) is 22.7 Å². The van der Waals surface area contributed by atoms with Crippen molar-refractivity contribution >= 4 is 67.4 Å². The number of fused-ring (bicyclic) bond motifs is 3. The fourth-order valence-corrected chi connectivity index (χ4v) is 8.43. The number of thiocarbonyl (C=S) groups is 1. The summed E-state index contributed by atoms with van der Waals surface area (Å²) in [5.74, 6) is -0.688. The minimum absolute atomic E-state index is 0.0827. The molecular weight excluding hydrogens is 580 g/mol. The van der Waals surface area contributed by atoms with E-state index >= 15 is 0 Å². The zero-order valence-corrected chi connectivity index (χ0v) is 22.6. The number of nitro groups is 1. The molecule has 2 saturated heterocycles. The van der Waals surface area contributed by atoms with Crippen LogP contribution in [-0.4, -0.2) is 49.2 Å². The Kier molecular flexibility index (Phi) is 5.57. The lowest BCUT2D eigenvalue weighted by Gasteiger charge is -2.41. The number of nitrogens with one attached hydrogen (secondary N) is 1. The average Bonchev–Trinajstić information content (AvgIpc) is 3.60. The number of carbonyl (C=O) groups excluding carboxylic acids is 2. The molecule has 3 atom stereocenters. The molecule has 1 aromatic heterocycles. The van der Waals surface area contributed by atoms with Crippen LogP contribution in [0.1, 0.15) is 22.8 Å². The molecule has 2 amide bonds. The lowest BCUT2D eigenvalue weighted by molar-refractivity contribution is -0.384. The van der Waals surface area contributed by atoms with Gasteiger partial charge in [-0.3, -0.25) is 29.5 Å². The molecule has 4 heterocycles. The number of nitrogens with zero attached hydrogens (tertiary/aromatic N) is 3. The Balaban J connectivity index is 1.60. The molecule has 0 aliphatic carbocycles. The normalized spacial score (nSPS) is 26.9. The van der Waals surface area contributed by atoms with Gasteiger partial charge in [0.2, 0.25) is 5.91 Å². The van der Waals surface area contributed by atoms with Gasteiger partial charge in [-0.05, 0) is 42.9 Å². The van der Waals surface area contributed by atoms with Crippen molar-refractivity contribution in [1.82, 2.24) is 9.80 Å². The Morgan fingerprint density at radius 2 is 2.05 bits per heavy atom. The molecule has 0 unspecified atom stereocenters. The third kappa shape index (κ3) is 3.22.